The Morgan fingerprint density at radius 2 is 2.39 bits per heavy atom. The highest BCUT2D eigenvalue weighted by Crippen LogP contribution is 2.37. The first kappa shape index (κ1) is 12.2. The molecule has 4 unspecified atom stereocenters. The van der Waals surface area contributed by atoms with E-state index in [9.17, 15) is 5.11 Å². The van der Waals surface area contributed by atoms with Crippen molar-refractivity contribution in [3.8, 4) is 0 Å². The highest BCUT2D eigenvalue weighted by Gasteiger charge is 2.36. The quantitative estimate of drug-likeness (QED) is 0.802. The minimum Gasteiger partial charge on any atom is -0.389 e. The fraction of sp³-hybridized carbons (Fsp3) is 0.692. The lowest BCUT2D eigenvalue weighted by atomic mass is 9.98. The second-order valence-corrected chi connectivity index (χ2v) is 6.70. The molecule has 2 heterocycles. The molecular formula is C13H19N3OS. The maximum atomic E-state index is 9.66. The average molecular weight is 265 g/mol. The van der Waals surface area contributed by atoms with Gasteiger partial charge in [-0.1, -0.05) is 6.92 Å². The van der Waals surface area contributed by atoms with Crippen molar-refractivity contribution in [1.29, 1.82) is 0 Å². The van der Waals surface area contributed by atoms with Crippen LogP contribution in [-0.4, -0.2) is 34.0 Å². The van der Waals surface area contributed by atoms with Crippen LogP contribution in [-0.2, 0) is 0 Å². The molecule has 0 spiro atoms. The van der Waals surface area contributed by atoms with Crippen LogP contribution in [0.5, 0.6) is 0 Å². The third kappa shape index (κ3) is 2.47. The summed E-state index contributed by atoms with van der Waals surface area (Å²) < 4.78 is 0. The van der Waals surface area contributed by atoms with Gasteiger partial charge in [0.2, 0.25) is 0 Å². The van der Waals surface area contributed by atoms with E-state index in [-0.39, 0.29) is 12.3 Å². The second-order valence-electron chi connectivity index (χ2n) is 5.24. The van der Waals surface area contributed by atoms with E-state index in [1.54, 1.807) is 6.34 Å². The topological polar surface area (TPSA) is 57.0 Å². The molecule has 1 aliphatic carbocycles. The highest BCUT2D eigenvalue weighted by atomic mass is 32.2. The van der Waals surface area contributed by atoms with E-state index in [1.165, 1.54) is 5.04 Å². The number of allylic oxidation sites excluding steroid dienone is 1. The zero-order chi connectivity index (χ0) is 12.5. The first-order valence-electron chi connectivity index (χ1n) is 6.63. The minimum atomic E-state index is -0.293. The summed E-state index contributed by atoms with van der Waals surface area (Å²) in [5.41, 5.74) is 1.14. The van der Waals surface area contributed by atoms with E-state index in [0.29, 0.717) is 11.2 Å². The molecule has 0 saturated carbocycles. The predicted octanol–water partition coefficient (Wildman–Crippen LogP) is 1.91. The Morgan fingerprint density at radius 3 is 3.22 bits per heavy atom. The summed E-state index contributed by atoms with van der Waals surface area (Å²) in [6.07, 6.45) is 7.50. The Labute approximate surface area is 112 Å². The summed E-state index contributed by atoms with van der Waals surface area (Å²) in [6, 6.07) is 0. The summed E-state index contributed by atoms with van der Waals surface area (Å²) in [5, 5.41) is 15.0. The molecule has 0 radical (unpaired) electrons. The number of thioether (sulfide) groups is 1. The number of nitrogens with one attached hydrogen (secondary N) is 1. The molecule has 1 saturated heterocycles. The Morgan fingerprint density at radius 1 is 1.50 bits per heavy atom. The molecule has 3 aliphatic rings. The first-order valence-corrected chi connectivity index (χ1v) is 7.51. The maximum absolute atomic E-state index is 9.66. The van der Waals surface area contributed by atoms with Crippen molar-refractivity contribution in [2.75, 3.05) is 0 Å². The Balaban J connectivity index is 1.70. The van der Waals surface area contributed by atoms with Crippen LogP contribution in [0.4, 0.5) is 0 Å². The van der Waals surface area contributed by atoms with Gasteiger partial charge in [-0.25, -0.2) is 9.98 Å². The maximum Gasteiger partial charge on any atom is 0.129 e. The van der Waals surface area contributed by atoms with Crippen LogP contribution in [0.3, 0.4) is 0 Å². The molecule has 98 valence electrons. The number of fused-ring (bicyclic) bond motifs is 1. The molecule has 1 fully saturated rings. The average Bonchev–Trinajstić information content (AvgIpc) is 2.71. The van der Waals surface area contributed by atoms with Gasteiger partial charge in [0.25, 0.3) is 0 Å². The number of aliphatic hydroxyl groups excluding tert-OH is 1. The second kappa shape index (κ2) is 5.05. The fourth-order valence-electron chi connectivity index (χ4n) is 2.80. The van der Waals surface area contributed by atoms with Crippen LogP contribution >= 0.6 is 11.8 Å². The molecule has 2 aliphatic heterocycles. The molecule has 0 aromatic carbocycles. The lowest BCUT2D eigenvalue weighted by Crippen LogP contribution is -2.38. The van der Waals surface area contributed by atoms with Crippen molar-refractivity contribution in [2.45, 2.75) is 50.1 Å². The van der Waals surface area contributed by atoms with Crippen molar-refractivity contribution in [3.63, 3.8) is 0 Å². The lowest BCUT2D eigenvalue weighted by Gasteiger charge is -2.27. The Kier molecular flexibility index (Phi) is 3.43. The molecular weight excluding hydrogens is 246 g/mol. The van der Waals surface area contributed by atoms with E-state index in [1.807, 2.05) is 17.8 Å². The van der Waals surface area contributed by atoms with Crippen molar-refractivity contribution < 1.29 is 5.11 Å². The van der Waals surface area contributed by atoms with Crippen LogP contribution in [0.25, 0.3) is 0 Å². The van der Waals surface area contributed by atoms with Crippen molar-refractivity contribution >= 4 is 23.1 Å². The zero-order valence-corrected chi connectivity index (χ0v) is 11.4. The lowest BCUT2D eigenvalue weighted by molar-refractivity contribution is 0.199. The van der Waals surface area contributed by atoms with Gasteiger partial charge >= 0.3 is 0 Å². The van der Waals surface area contributed by atoms with Gasteiger partial charge in [-0.05, 0) is 31.8 Å². The molecule has 4 atom stereocenters. The number of rotatable bonds is 2. The third-order valence-electron chi connectivity index (χ3n) is 3.69. The van der Waals surface area contributed by atoms with Crippen molar-refractivity contribution in [2.24, 2.45) is 15.9 Å². The SMILES string of the molecule is CC1CC2C(=NC=NC2NC2=CC(O)CCC2)S1. The van der Waals surface area contributed by atoms with Gasteiger partial charge in [0.15, 0.2) is 0 Å². The third-order valence-corrected chi connectivity index (χ3v) is 4.94. The molecule has 0 aromatic heterocycles. The standard InChI is InChI=1S/C13H19N3OS/c1-8-5-11-12(14-7-15-13(11)18-8)16-9-3-2-4-10(17)6-9/h6-8,10-12,16-17H,2-5H2,1H3. The van der Waals surface area contributed by atoms with E-state index in [2.05, 4.69) is 22.2 Å². The largest absolute Gasteiger partial charge is 0.389 e. The molecule has 2 N–H and O–H groups in total. The zero-order valence-electron chi connectivity index (χ0n) is 10.5. The summed E-state index contributed by atoms with van der Waals surface area (Å²) in [7, 11) is 0. The Hall–Kier alpha value is -0.810. The monoisotopic (exact) mass is 265 g/mol. The van der Waals surface area contributed by atoms with Gasteiger partial charge in [-0.15, -0.1) is 11.8 Å². The molecule has 4 nitrogen and oxygen atoms in total. The Bertz CT molecular complexity index is 418. The van der Waals surface area contributed by atoms with Gasteiger partial charge in [0.05, 0.1) is 11.1 Å². The first-order chi connectivity index (χ1) is 8.72. The predicted molar refractivity (Wildman–Crippen MR) is 76.0 cm³/mol. The van der Waals surface area contributed by atoms with Crippen LogP contribution in [0, 0.1) is 5.92 Å². The van der Waals surface area contributed by atoms with Crippen molar-refractivity contribution in [1.82, 2.24) is 5.32 Å². The minimum absolute atomic E-state index is 0.103. The molecule has 0 amide bonds. The molecule has 0 aromatic rings. The molecule has 5 heteroatoms. The molecule has 18 heavy (non-hydrogen) atoms. The van der Waals surface area contributed by atoms with E-state index in [4.69, 9.17) is 0 Å². The normalized spacial score (nSPS) is 39.0. The van der Waals surface area contributed by atoms with Gasteiger partial charge < -0.3 is 10.4 Å². The van der Waals surface area contributed by atoms with Gasteiger partial charge in [0.1, 0.15) is 12.5 Å². The number of aliphatic imine (C=N–C) groups is 2. The van der Waals surface area contributed by atoms with Crippen LogP contribution in [0.1, 0.15) is 32.6 Å². The van der Waals surface area contributed by atoms with Gasteiger partial charge in [0, 0.05) is 16.9 Å². The smallest absolute Gasteiger partial charge is 0.129 e. The summed E-state index contributed by atoms with van der Waals surface area (Å²) >= 11 is 1.87. The fourth-order valence-corrected chi connectivity index (χ4v) is 4.03. The number of hydrogen-bond acceptors (Lipinski definition) is 5. The van der Waals surface area contributed by atoms with Crippen LogP contribution in [0.15, 0.2) is 21.8 Å². The van der Waals surface area contributed by atoms with Crippen LogP contribution in [0.2, 0.25) is 0 Å². The van der Waals surface area contributed by atoms with Gasteiger partial charge in [-0.3, -0.25) is 0 Å². The highest BCUT2D eigenvalue weighted by molar-refractivity contribution is 8.14. The summed E-state index contributed by atoms with van der Waals surface area (Å²) in [6.45, 7) is 2.24. The number of aliphatic hydroxyl groups is 1. The van der Waals surface area contributed by atoms with E-state index in [0.717, 1.165) is 31.4 Å². The van der Waals surface area contributed by atoms with E-state index < -0.39 is 0 Å². The summed E-state index contributed by atoms with van der Waals surface area (Å²) in [5.74, 6) is 0.412. The van der Waals surface area contributed by atoms with Crippen molar-refractivity contribution in [3.05, 3.63) is 11.8 Å². The van der Waals surface area contributed by atoms with E-state index >= 15 is 0 Å². The number of hydrogen-bond donors (Lipinski definition) is 2. The van der Waals surface area contributed by atoms with Gasteiger partial charge in [-0.2, -0.15) is 0 Å². The summed E-state index contributed by atoms with van der Waals surface area (Å²) in [4.78, 5) is 8.85. The molecule has 0 bridgehead atoms. The molecule has 3 rings (SSSR count). The number of nitrogens with zero attached hydrogens (tertiary/aromatic N) is 2. The van der Waals surface area contributed by atoms with Crippen LogP contribution < -0.4 is 5.32 Å².